The molecule has 1 fully saturated rings. The van der Waals surface area contributed by atoms with Crippen molar-refractivity contribution < 1.29 is 13.2 Å². The molecule has 2 N–H and O–H groups in total. The molecule has 0 spiro atoms. The zero-order valence-electron chi connectivity index (χ0n) is 13.2. The molecule has 134 valence electrons. The molecule has 7 nitrogen and oxygen atoms in total. The third-order valence-corrected chi connectivity index (χ3v) is 4.06. The summed E-state index contributed by atoms with van der Waals surface area (Å²) in [5.74, 6) is 0.227. The van der Waals surface area contributed by atoms with E-state index in [1.807, 2.05) is 11.8 Å². The highest BCUT2D eigenvalue weighted by Crippen LogP contribution is 2.36. The second kappa shape index (κ2) is 6.51. The second-order valence-electron chi connectivity index (χ2n) is 5.62. The van der Waals surface area contributed by atoms with Gasteiger partial charge < -0.3 is 15.5 Å². The van der Waals surface area contributed by atoms with Crippen LogP contribution in [0, 0.1) is 0 Å². The SMILES string of the molecule is CC1CN(c2ncccc2C(F)(F)F)CCN1c1nc(N)nc(Cl)n1. The molecule has 11 heteroatoms. The molecule has 0 aromatic carbocycles. The van der Waals surface area contributed by atoms with Gasteiger partial charge in [0.05, 0.1) is 5.56 Å². The van der Waals surface area contributed by atoms with E-state index in [4.69, 9.17) is 17.3 Å². The number of rotatable bonds is 2. The maximum absolute atomic E-state index is 13.2. The fourth-order valence-corrected chi connectivity index (χ4v) is 2.96. The van der Waals surface area contributed by atoms with Gasteiger partial charge in [0.2, 0.25) is 17.2 Å². The zero-order chi connectivity index (χ0) is 18.2. The molecule has 1 saturated heterocycles. The minimum absolute atomic E-state index is 0.00582. The van der Waals surface area contributed by atoms with Crippen molar-refractivity contribution in [2.75, 3.05) is 35.2 Å². The normalized spacial score (nSPS) is 18.5. The van der Waals surface area contributed by atoms with Crippen LogP contribution in [0.4, 0.5) is 30.9 Å². The van der Waals surface area contributed by atoms with E-state index in [0.29, 0.717) is 25.6 Å². The molecule has 1 aliphatic heterocycles. The number of nitrogens with two attached hydrogens (primary N) is 1. The van der Waals surface area contributed by atoms with Crippen molar-refractivity contribution in [1.82, 2.24) is 19.9 Å². The summed E-state index contributed by atoms with van der Waals surface area (Å²) in [7, 11) is 0. The topological polar surface area (TPSA) is 84.1 Å². The largest absolute Gasteiger partial charge is 0.419 e. The lowest BCUT2D eigenvalue weighted by atomic mass is 10.1. The number of alkyl halides is 3. The Balaban J connectivity index is 1.83. The van der Waals surface area contributed by atoms with Crippen LogP contribution in [0.3, 0.4) is 0 Å². The number of hydrogen-bond donors (Lipinski definition) is 1. The molecule has 3 heterocycles. The van der Waals surface area contributed by atoms with Crippen LogP contribution in [0.2, 0.25) is 5.28 Å². The molecule has 0 bridgehead atoms. The van der Waals surface area contributed by atoms with Gasteiger partial charge in [0, 0.05) is 31.9 Å². The van der Waals surface area contributed by atoms with E-state index in [9.17, 15) is 13.2 Å². The number of anilines is 3. The molecule has 0 aliphatic carbocycles. The summed E-state index contributed by atoms with van der Waals surface area (Å²) in [6.07, 6.45) is -3.10. The molecule has 0 radical (unpaired) electrons. The van der Waals surface area contributed by atoms with Crippen molar-refractivity contribution in [3.8, 4) is 0 Å². The van der Waals surface area contributed by atoms with Gasteiger partial charge in [-0.05, 0) is 30.7 Å². The number of nitrogens with zero attached hydrogens (tertiary/aromatic N) is 6. The number of aromatic nitrogens is 4. The van der Waals surface area contributed by atoms with Gasteiger partial charge in [-0.3, -0.25) is 0 Å². The summed E-state index contributed by atoms with van der Waals surface area (Å²) >= 11 is 5.80. The quantitative estimate of drug-likeness (QED) is 0.864. The molecular weight excluding hydrogens is 359 g/mol. The summed E-state index contributed by atoms with van der Waals surface area (Å²) in [5, 5.41) is -0.0267. The molecule has 3 rings (SSSR count). The molecule has 0 amide bonds. The molecule has 2 aromatic rings. The minimum Gasteiger partial charge on any atom is -0.368 e. The highest BCUT2D eigenvalue weighted by molar-refractivity contribution is 6.28. The fourth-order valence-electron chi connectivity index (χ4n) is 2.80. The van der Waals surface area contributed by atoms with Gasteiger partial charge in [-0.1, -0.05) is 0 Å². The van der Waals surface area contributed by atoms with Crippen LogP contribution in [-0.4, -0.2) is 45.6 Å². The number of pyridine rings is 1. The Morgan fingerprint density at radius 1 is 1.24 bits per heavy atom. The van der Waals surface area contributed by atoms with Crippen molar-refractivity contribution in [2.45, 2.75) is 19.1 Å². The van der Waals surface area contributed by atoms with Gasteiger partial charge in [-0.2, -0.15) is 28.1 Å². The van der Waals surface area contributed by atoms with Gasteiger partial charge in [-0.15, -0.1) is 0 Å². The monoisotopic (exact) mass is 373 g/mol. The lowest BCUT2D eigenvalue weighted by molar-refractivity contribution is -0.137. The fraction of sp³-hybridized carbons (Fsp3) is 0.429. The molecule has 1 atom stereocenters. The van der Waals surface area contributed by atoms with Crippen LogP contribution in [0.15, 0.2) is 18.3 Å². The smallest absolute Gasteiger partial charge is 0.368 e. The van der Waals surface area contributed by atoms with Crippen molar-refractivity contribution in [3.05, 3.63) is 29.2 Å². The van der Waals surface area contributed by atoms with E-state index in [1.165, 1.54) is 12.3 Å². The van der Waals surface area contributed by atoms with Crippen LogP contribution in [0.5, 0.6) is 0 Å². The Morgan fingerprint density at radius 3 is 2.64 bits per heavy atom. The number of nitrogen functional groups attached to an aromatic ring is 1. The number of halogens is 4. The maximum Gasteiger partial charge on any atom is 0.419 e. The zero-order valence-corrected chi connectivity index (χ0v) is 14.0. The van der Waals surface area contributed by atoms with Crippen LogP contribution in [-0.2, 0) is 6.18 Å². The van der Waals surface area contributed by atoms with Gasteiger partial charge in [0.25, 0.3) is 0 Å². The average Bonchev–Trinajstić information content (AvgIpc) is 2.53. The van der Waals surface area contributed by atoms with Gasteiger partial charge in [0.1, 0.15) is 5.82 Å². The number of hydrogen-bond acceptors (Lipinski definition) is 7. The summed E-state index contributed by atoms with van der Waals surface area (Å²) in [6.45, 7) is 2.90. The van der Waals surface area contributed by atoms with E-state index in [-0.39, 0.29) is 23.1 Å². The summed E-state index contributed by atoms with van der Waals surface area (Å²) in [4.78, 5) is 19.2. The van der Waals surface area contributed by atoms with Crippen molar-refractivity contribution in [3.63, 3.8) is 0 Å². The molecule has 0 saturated carbocycles. The van der Waals surface area contributed by atoms with E-state index >= 15 is 0 Å². The van der Waals surface area contributed by atoms with Gasteiger partial charge in [-0.25, -0.2) is 4.98 Å². The highest BCUT2D eigenvalue weighted by atomic mass is 35.5. The number of piperazine rings is 1. The Kier molecular flexibility index (Phi) is 4.55. The van der Waals surface area contributed by atoms with E-state index in [2.05, 4.69) is 19.9 Å². The van der Waals surface area contributed by atoms with E-state index in [0.717, 1.165) is 6.07 Å². The molecule has 1 unspecified atom stereocenters. The Hall–Kier alpha value is -2.36. The van der Waals surface area contributed by atoms with Gasteiger partial charge >= 0.3 is 6.18 Å². The summed E-state index contributed by atoms with van der Waals surface area (Å²) in [6, 6.07) is 2.14. The first-order valence-electron chi connectivity index (χ1n) is 7.46. The molecular formula is C14H15ClF3N7. The first kappa shape index (κ1) is 17.5. The third-order valence-electron chi connectivity index (χ3n) is 3.89. The molecule has 25 heavy (non-hydrogen) atoms. The van der Waals surface area contributed by atoms with Crippen LogP contribution in [0.25, 0.3) is 0 Å². The molecule has 2 aromatic heterocycles. The van der Waals surface area contributed by atoms with E-state index < -0.39 is 11.7 Å². The Morgan fingerprint density at radius 2 is 2.00 bits per heavy atom. The van der Waals surface area contributed by atoms with E-state index in [1.54, 1.807) is 4.90 Å². The lowest BCUT2D eigenvalue weighted by Crippen LogP contribution is -2.53. The van der Waals surface area contributed by atoms with Crippen LogP contribution < -0.4 is 15.5 Å². The average molecular weight is 374 g/mol. The van der Waals surface area contributed by atoms with Crippen LogP contribution in [0.1, 0.15) is 12.5 Å². The first-order chi connectivity index (χ1) is 11.8. The molecule has 1 aliphatic rings. The lowest BCUT2D eigenvalue weighted by Gasteiger charge is -2.40. The third kappa shape index (κ3) is 3.68. The van der Waals surface area contributed by atoms with Crippen LogP contribution >= 0.6 is 11.6 Å². The predicted octanol–water partition coefficient (Wildman–Crippen LogP) is 2.24. The van der Waals surface area contributed by atoms with Crippen molar-refractivity contribution >= 4 is 29.3 Å². The Labute approximate surface area is 146 Å². The van der Waals surface area contributed by atoms with Crippen molar-refractivity contribution in [1.29, 1.82) is 0 Å². The second-order valence-corrected chi connectivity index (χ2v) is 5.96. The highest BCUT2D eigenvalue weighted by Gasteiger charge is 2.37. The first-order valence-corrected chi connectivity index (χ1v) is 7.84. The maximum atomic E-state index is 13.2. The Bertz CT molecular complexity index is 750. The standard InChI is InChI=1S/C14H15ClF3N7/c1-8-7-24(10-9(14(16,17)18)3-2-4-20-10)5-6-25(8)13-22-11(15)21-12(19)23-13/h2-4,8H,5-7H2,1H3,(H2,19,21,22,23). The minimum atomic E-state index is -4.46. The van der Waals surface area contributed by atoms with Gasteiger partial charge in [0.15, 0.2) is 0 Å². The summed E-state index contributed by atoms with van der Waals surface area (Å²) in [5.41, 5.74) is 4.83. The summed E-state index contributed by atoms with van der Waals surface area (Å²) < 4.78 is 39.6. The van der Waals surface area contributed by atoms with Crippen molar-refractivity contribution in [2.24, 2.45) is 0 Å². The predicted molar refractivity (Wildman–Crippen MR) is 87.5 cm³/mol.